The zero-order chi connectivity index (χ0) is 12.1. The van der Waals surface area contributed by atoms with Gasteiger partial charge in [-0.25, -0.2) is 0 Å². The number of Topliss-reactive ketones (excluding diaryl/α,β-unsaturated/α-hetero) is 1. The van der Waals surface area contributed by atoms with Gasteiger partial charge >= 0.3 is 0 Å². The molecule has 0 fully saturated rings. The Morgan fingerprint density at radius 2 is 1.78 bits per heavy atom. The summed E-state index contributed by atoms with van der Waals surface area (Å²) in [5, 5.41) is 6.65. The van der Waals surface area contributed by atoms with Crippen LogP contribution in [0, 0.1) is 5.92 Å². The van der Waals surface area contributed by atoms with Crippen LogP contribution < -0.4 is 10.6 Å². The van der Waals surface area contributed by atoms with E-state index in [0.29, 0.717) is 5.70 Å². The van der Waals surface area contributed by atoms with E-state index in [0.717, 1.165) is 29.1 Å². The molecule has 1 aliphatic heterocycles. The molecule has 0 saturated heterocycles. The summed E-state index contributed by atoms with van der Waals surface area (Å²) in [5.41, 5.74) is 4.78. The maximum absolute atomic E-state index is 12.3. The summed E-state index contributed by atoms with van der Waals surface area (Å²) >= 11 is 0. The second-order valence-electron chi connectivity index (χ2n) is 4.75. The van der Waals surface area contributed by atoms with E-state index in [9.17, 15) is 4.79 Å². The predicted molar refractivity (Wildman–Crippen MR) is 71.1 cm³/mol. The molecule has 1 aromatic carbocycles. The molecular formula is C15H12N2O. The van der Waals surface area contributed by atoms with Gasteiger partial charge in [0.15, 0.2) is 5.78 Å². The molecule has 0 aromatic heterocycles. The summed E-state index contributed by atoms with van der Waals surface area (Å²) in [6.45, 7) is 0. The molecule has 1 unspecified atom stereocenters. The third-order valence-electron chi connectivity index (χ3n) is 3.71. The van der Waals surface area contributed by atoms with Gasteiger partial charge in [0.25, 0.3) is 0 Å². The van der Waals surface area contributed by atoms with Crippen LogP contribution in [-0.2, 0) is 4.79 Å². The molecule has 3 aliphatic rings. The molecule has 0 amide bonds. The topological polar surface area (TPSA) is 41.1 Å². The van der Waals surface area contributed by atoms with Gasteiger partial charge in [0.05, 0.1) is 23.0 Å². The number of hydrogen-bond acceptors (Lipinski definition) is 3. The van der Waals surface area contributed by atoms with Crippen molar-refractivity contribution in [2.24, 2.45) is 5.92 Å². The Hall–Kier alpha value is -2.29. The molecule has 3 heteroatoms. The van der Waals surface area contributed by atoms with Crippen molar-refractivity contribution in [2.45, 2.75) is 6.42 Å². The van der Waals surface area contributed by atoms with Crippen molar-refractivity contribution in [3.05, 3.63) is 59.5 Å². The number of allylic oxidation sites excluding steroid dienone is 5. The van der Waals surface area contributed by atoms with Crippen molar-refractivity contribution in [1.82, 2.24) is 0 Å². The van der Waals surface area contributed by atoms with E-state index in [-0.39, 0.29) is 11.7 Å². The highest BCUT2D eigenvalue weighted by Crippen LogP contribution is 2.42. The van der Waals surface area contributed by atoms with E-state index < -0.39 is 0 Å². The molecule has 0 bridgehead atoms. The van der Waals surface area contributed by atoms with Gasteiger partial charge < -0.3 is 10.6 Å². The fraction of sp³-hybridized carbons (Fsp3) is 0.133. The molecule has 3 nitrogen and oxygen atoms in total. The Balaban J connectivity index is 1.85. The summed E-state index contributed by atoms with van der Waals surface area (Å²) in [5.74, 6) is 0.192. The molecule has 2 aliphatic carbocycles. The zero-order valence-corrected chi connectivity index (χ0v) is 9.73. The molecule has 0 radical (unpaired) electrons. The van der Waals surface area contributed by atoms with E-state index in [1.807, 2.05) is 36.4 Å². The second-order valence-corrected chi connectivity index (χ2v) is 4.75. The molecule has 0 spiro atoms. The standard InChI is InChI=1S/C15H12N2O/c18-15-10-6-2-1-5-9(10)13-14(15)17-12-8-4-3-7-11(12)16-13/h1-5,7-8,10,16-17H,6H2. The predicted octanol–water partition coefficient (Wildman–Crippen LogP) is 2.82. The summed E-state index contributed by atoms with van der Waals surface area (Å²) in [6.07, 6.45) is 6.92. The third kappa shape index (κ3) is 1.16. The van der Waals surface area contributed by atoms with Gasteiger partial charge in [0, 0.05) is 0 Å². The fourth-order valence-corrected chi connectivity index (χ4v) is 2.81. The van der Waals surface area contributed by atoms with Gasteiger partial charge in [0.1, 0.15) is 5.70 Å². The first-order valence-corrected chi connectivity index (χ1v) is 6.13. The summed E-state index contributed by atoms with van der Waals surface area (Å²) < 4.78 is 0. The highest BCUT2D eigenvalue weighted by atomic mass is 16.1. The Bertz CT molecular complexity index is 652. The van der Waals surface area contributed by atoms with Crippen molar-refractivity contribution in [3.63, 3.8) is 0 Å². The number of para-hydroxylation sites is 2. The monoisotopic (exact) mass is 236 g/mol. The van der Waals surface area contributed by atoms with Crippen LogP contribution >= 0.6 is 0 Å². The molecule has 88 valence electrons. The number of anilines is 2. The highest BCUT2D eigenvalue weighted by molar-refractivity contribution is 6.10. The van der Waals surface area contributed by atoms with Crippen molar-refractivity contribution < 1.29 is 4.79 Å². The molecule has 2 N–H and O–H groups in total. The van der Waals surface area contributed by atoms with E-state index in [1.54, 1.807) is 0 Å². The number of benzene rings is 1. The van der Waals surface area contributed by atoms with Crippen LogP contribution in [0.25, 0.3) is 0 Å². The first kappa shape index (κ1) is 9.71. The van der Waals surface area contributed by atoms with Crippen molar-refractivity contribution in [2.75, 3.05) is 10.6 Å². The number of carbonyl (C=O) groups is 1. The van der Waals surface area contributed by atoms with Crippen LogP contribution in [0.1, 0.15) is 6.42 Å². The lowest BCUT2D eigenvalue weighted by molar-refractivity contribution is -0.117. The molecule has 1 aromatic rings. The number of fused-ring (bicyclic) bond motifs is 3. The first-order valence-electron chi connectivity index (χ1n) is 6.13. The minimum Gasteiger partial charge on any atom is -0.352 e. The maximum atomic E-state index is 12.3. The molecule has 0 saturated carbocycles. The van der Waals surface area contributed by atoms with Gasteiger partial charge in [0.2, 0.25) is 0 Å². The van der Waals surface area contributed by atoms with Gasteiger partial charge in [-0.2, -0.15) is 0 Å². The lowest BCUT2D eigenvalue weighted by Gasteiger charge is -2.21. The van der Waals surface area contributed by atoms with Crippen molar-refractivity contribution >= 4 is 17.2 Å². The number of nitrogens with one attached hydrogen (secondary N) is 2. The van der Waals surface area contributed by atoms with E-state index in [1.165, 1.54) is 0 Å². The molecule has 4 rings (SSSR count). The fourth-order valence-electron chi connectivity index (χ4n) is 2.81. The average Bonchev–Trinajstić information content (AvgIpc) is 2.71. The van der Waals surface area contributed by atoms with Crippen LogP contribution in [0.15, 0.2) is 59.5 Å². The molecule has 1 heterocycles. The Labute approximate surface area is 105 Å². The summed E-state index contributed by atoms with van der Waals surface area (Å²) in [7, 11) is 0. The van der Waals surface area contributed by atoms with Crippen LogP contribution in [0.3, 0.4) is 0 Å². The van der Waals surface area contributed by atoms with E-state index >= 15 is 0 Å². The average molecular weight is 236 g/mol. The van der Waals surface area contributed by atoms with Gasteiger partial charge in [-0.1, -0.05) is 30.4 Å². The van der Waals surface area contributed by atoms with Gasteiger partial charge in [-0.3, -0.25) is 4.79 Å². The van der Waals surface area contributed by atoms with Crippen molar-refractivity contribution in [3.8, 4) is 0 Å². The number of ketones is 1. The van der Waals surface area contributed by atoms with E-state index in [4.69, 9.17) is 0 Å². The van der Waals surface area contributed by atoms with Gasteiger partial charge in [-0.15, -0.1) is 0 Å². The minimum absolute atomic E-state index is 0.00527. The Kier molecular flexibility index (Phi) is 1.81. The van der Waals surface area contributed by atoms with Crippen LogP contribution in [-0.4, -0.2) is 5.78 Å². The first-order chi connectivity index (χ1) is 8.84. The van der Waals surface area contributed by atoms with Crippen molar-refractivity contribution in [1.29, 1.82) is 0 Å². The maximum Gasteiger partial charge on any atom is 0.188 e. The SMILES string of the molecule is O=C1C2=C(Nc3ccccc3N2)C2=CC=CCC12. The number of carbonyl (C=O) groups excluding carboxylic acids is 1. The lowest BCUT2D eigenvalue weighted by atomic mass is 9.92. The molecular weight excluding hydrogens is 224 g/mol. The molecule has 18 heavy (non-hydrogen) atoms. The summed E-state index contributed by atoms with van der Waals surface area (Å²) in [6, 6.07) is 7.95. The third-order valence-corrected chi connectivity index (χ3v) is 3.71. The zero-order valence-electron chi connectivity index (χ0n) is 9.73. The van der Waals surface area contributed by atoms with Gasteiger partial charge in [-0.05, 0) is 24.1 Å². The van der Waals surface area contributed by atoms with Crippen LogP contribution in [0.4, 0.5) is 11.4 Å². The largest absolute Gasteiger partial charge is 0.352 e. The summed E-state index contributed by atoms with van der Waals surface area (Å²) in [4.78, 5) is 12.3. The number of hydrogen-bond donors (Lipinski definition) is 2. The van der Waals surface area contributed by atoms with Crippen LogP contribution in [0.2, 0.25) is 0 Å². The minimum atomic E-state index is -0.00527. The highest BCUT2D eigenvalue weighted by Gasteiger charge is 2.39. The Morgan fingerprint density at radius 3 is 2.56 bits per heavy atom. The van der Waals surface area contributed by atoms with Crippen LogP contribution in [0.5, 0.6) is 0 Å². The normalized spacial score (nSPS) is 23.7. The second kappa shape index (κ2) is 3.35. The lowest BCUT2D eigenvalue weighted by Crippen LogP contribution is -2.18. The Morgan fingerprint density at radius 1 is 1.06 bits per heavy atom. The smallest absolute Gasteiger partial charge is 0.188 e. The quantitative estimate of drug-likeness (QED) is 0.727. The van der Waals surface area contributed by atoms with E-state index in [2.05, 4.69) is 16.7 Å². The molecule has 1 atom stereocenters. The number of rotatable bonds is 0.